The van der Waals surface area contributed by atoms with E-state index in [4.69, 9.17) is 5.26 Å². The maximum atomic E-state index is 11.0. The second kappa shape index (κ2) is 9.75. The number of hydrogen-bond acceptors (Lipinski definition) is 4. The molecule has 0 aliphatic carbocycles. The summed E-state index contributed by atoms with van der Waals surface area (Å²) in [6.45, 7) is 4.31. The van der Waals surface area contributed by atoms with E-state index in [9.17, 15) is 8.42 Å². The summed E-state index contributed by atoms with van der Waals surface area (Å²) in [6.07, 6.45) is 7.57. The Hall–Kier alpha value is -0.130. The first-order valence-electron chi connectivity index (χ1n) is 6.90. The molecule has 2 atom stereocenters. The van der Waals surface area contributed by atoms with Crippen LogP contribution in [0.1, 0.15) is 58.8 Å². The second-order valence-corrected chi connectivity index (χ2v) is 7.41. The van der Waals surface area contributed by atoms with Gasteiger partial charge in [-0.05, 0) is 25.2 Å². The molecule has 0 rings (SSSR count). The van der Waals surface area contributed by atoms with Crippen LogP contribution in [-0.2, 0) is 14.7 Å². The molecule has 0 saturated heterocycles. The number of sulfone groups is 1. The molecule has 0 heterocycles. The molecule has 0 aromatic rings. The molecule has 4 nitrogen and oxygen atoms in total. The van der Waals surface area contributed by atoms with Crippen LogP contribution in [0.25, 0.3) is 0 Å². The predicted octanol–water partition coefficient (Wildman–Crippen LogP) is 3.28. The second-order valence-electron chi connectivity index (χ2n) is 5.15. The molecule has 0 aromatic heterocycles. The van der Waals surface area contributed by atoms with Gasteiger partial charge in [0.25, 0.3) is 0 Å². The van der Waals surface area contributed by atoms with Crippen molar-refractivity contribution in [2.24, 2.45) is 5.92 Å². The number of rotatable bonds is 11. The summed E-state index contributed by atoms with van der Waals surface area (Å²) >= 11 is 0. The number of unbranched alkanes of at least 4 members (excludes halogenated alkanes) is 1. The predicted molar refractivity (Wildman–Crippen MR) is 74.4 cm³/mol. The van der Waals surface area contributed by atoms with Crippen LogP contribution in [0.4, 0.5) is 0 Å². The van der Waals surface area contributed by atoms with Crippen molar-refractivity contribution in [3.05, 3.63) is 0 Å². The van der Waals surface area contributed by atoms with Gasteiger partial charge in [0, 0.05) is 12.0 Å². The topological polar surface area (TPSA) is 63.6 Å². The largest absolute Gasteiger partial charge is 0.252 e. The van der Waals surface area contributed by atoms with E-state index in [1.807, 2.05) is 0 Å². The van der Waals surface area contributed by atoms with Gasteiger partial charge in [-0.25, -0.2) is 13.3 Å². The zero-order chi connectivity index (χ0) is 14.0. The van der Waals surface area contributed by atoms with E-state index in [1.165, 1.54) is 19.1 Å². The molecular formula is C13H28O4S. The van der Waals surface area contributed by atoms with Gasteiger partial charge in [-0.2, -0.15) is 0 Å². The van der Waals surface area contributed by atoms with Gasteiger partial charge in [-0.15, -0.1) is 0 Å². The van der Waals surface area contributed by atoms with Gasteiger partial charge >= 0.3 is 0 Å². The third kappa shape index (κ3) is 9.85. The quantitative estimate of drug-likeness (QED) is 0.466. The smallest absolute Gasteiger partial charge is 0.147 e. The molecule has 0 amide bonds. The van der Waals surface area contributed by atoms with Gasteiger partial charge in [0.1, 0.15) is 9.84 Å². The minimum atomic E-state index is -2.91. The Labute approximate surface area is 112 Å². The Kier molecular flexibility index (Phi) is 9.68. The van der Waals surface area contributed by atoms with E-state index in [1.54, 1.807) is 0 Å². The van der Waals surface area contributed by atoms with Crippen molar-refractivity contribution in [1.29, 1.82) is 0 Å². The van der Waals surface area contributed by atoms with Crippen molar-refractivity contribution >= 4 is 9.84 Å². The van der Waals surface area contributed by atoms with Crippen LogP contribution in [0.15, 0.2) is 0 Å². The van der Waals surface area contributed by atoms with E-state index < -0.39 is 9.84 Å². The summed E-state index contributed by atoms with van der Waals surface area (Å²) in [7, 11) is -2.91. The van der Waals surface area contributed by atoms with Crippen molar-refractivity contribution in [2.45, 2.75) is 64.9 Å². The molecule has 0 saturated carbocycles. The molecule has 0 radical (unpaired) electrons. The first-order chi connectivity index (χ1) is 8.42. The minimum Gasteiger partial charge on any atom is -0.252 e. The molecule has 18 heavy (non-hydrogen) atoms. The highest BCUT2D eigenvalue weighted by molar-refractivity contribution is 7.90. The van der Waals surface area contributed by atoms with Crippen LogP contribution >= 0.6 is 0 Å². The lowest BCUT2D eigenvalue weighted by atomic mass is 9.92. The van der Waals surface area contributed by atoms with E-state index in [0.717, 1.165) is 19.3 Å². The summed E-state index contributed by atoms with van der Waals surface area (Å²) in [5.74, 6) is 0.721. The first-order valence-corrected chi connectivity index (χ1v) is 8.96. The van der Waals surface area contributed by atoms with Gasteiger partial charge in [0.2, 0.25) is 0 Å². The highest BCUT2D eigenvalue weighted by atomic mass is 32.2. The molecule has 0 bridgehead atoms. The van der Waals surface area contributed by atoms with Crippen LogP contribution in [0.2, 0.25) is 0 Å². The molecule has 0 aliphatic rings. The average Bonchev–Trinajstić information content (AvgIpc) is 2.30. The molecule has 2 unspecified atom stereocenters. The lowest BCUT2D eigenvalue weighted by Gasteiger charge is -2.20. The molecule has 110 valence electrons. The Bertz CT molecular complexity index is 287. The average molecular weight is 280 g/mol. The molecule has 0 spiro atoms. The summed E-state index contributed by atoms with van der Waals surface area (Å²) < 4.78 is 22.0. The van der Waals surface area contributed by atoms with Crippen molar-refractivity contribution in [2.75, 3.05) is 12.0 Å². The van der Waals surface area contributed by atoms with Gasteiger partial charge < -0.3 is 0 Å². The van der Waals surface area contributed by atoms with E-state index in [0.29, 0.717) is 18.8 Å². The van der Waals surface area contributed by atoms with Gasteiger partial charge in [-0.3, -0.25) is 5.26 Å². The fraction of sp³-hybridized carbons (Fsp3) is 1.00. The monoisotopic (exact) mass is 280 g/mol. The third-order valence-corrected chi connectivity index (χ3v) is 4.36. The molecular weight excluding hydrogens is 252 g/mol. The zero-order valence-electron chi connectivity index (χ0n) is 11.9. The van der Waals surface area contributed by atoms with Crippen LogP contribution in [0.3, 0.4) is 0 Å². The lowest BCUT2D eigenvalue weighted by Crippen LogP contribution is -2.18. The Balaban J connectivity index is 4.00. The highest BCUT2D eigenvalue weighted by Gasteiger charge is 2.16. The van der Waals surface area contributed by atoms with Crippen molar-refractivity contribution in [1.82, 2.24) is 0 Å². The fourth-order valence-corrected chi connectivity index (χ4v) is 2.83. The van der Waals surface area contributed by atoms with Crippen molar-refractivity contribution in [3.63, 3.8) is 0 Å². The lowest BCUT2D eigenvalue weighted by molar-refractivity contribution is -0.283. The molecule has 1 N–H and O–H groups in total. The maximum Gasteiger partial charge on any atom is 0.147 e. The standard InChI is InChI=1S/C13H28O4S/c1-4-6-8-12(5-2)11-13(17-14)9-7-10-18(3,15)16/h12-14H,4-11H2,1-3H3. The number of hydrogen-bond donors (Lipinski definition) is 1. The van der Waals surface area contributed by atoms with Gasteiger partial charge in [-0.1, -0.05) is 39.5 Å². The SMILES string of the molecule is CCCCC(CC)CC(CCCS(C)(=O)=O)OO. The van der Waals surface area contributed by atoms with Crippen LogP contribution in [0, 0.1) is 5.92 Å². The van der Waals surface area contributed by atoms with E-state index in [-0.39, 0.29) is 11.9 Å². The van der Waals surface area contributed by atoms with Crippen LogP contribution in [-0.4, -0.2) is 31.8 Å². The molecule has 5 heteroatoms. The van der Waals surface area contributed by atoms with E-state index in [2.05, 4.69) is 18.7 Å². The molecule has 0 aromatic carbocycles. The summed E-state index contributed by atoms with van der Waals surface area (Å²) in [5.41, 5.74) is 0. The Morgan fingerprint density at radius 3 is 2.28 bits per heavy atom. The summed E-state index contributed by atoms with van der Waals surface area (Å²) in [4.78, 5) is 4.48. The van der Waals surface area contributed by atoms with Crippen molar-refractivity contribution in [3.8, 4) is 0 Å². The summed E-state index contributed by atoms with van der Waals surface area (Å²) in [6, 6.07) is 0. The minimum absolute atomic E-state index is 0.165. The third-order valence-electron chi connectivity index (χ3n) is 3.33. The maximum absolute atomic E-state index is 11.0. The van der Waals surface area contributed by atoms with Gasteiger partial charge in [0.15, 0.2) is 0 Å². The Morgan fingerprint density at radius 2 is 1.83 bits per heavy atom. The Morgan fingerprint density at radius 1 is 1.17 bits per heavy atom. The first kappa shape index (κ1) is 17.9. The van der Waals surface area contributed by atoms with Gasteiger partial charge in [0.05, 0.1) is 6.10 Å². The van der Waals surface area contributed by atoms with Crippen LogP contribution < -0.4 is 0 Å². The fourth-order valence-electron chi connectivity index (χ4n) is 2.14. The molecule has 0 aliphatic heterocycles. The van der Waals surface area contributed by atoms with Crippen molar-refractivity contribution < 1.29 is 18.6 Å². The van der Waals surface area contributed by atoms with E-state index >= 15 is 0 Å². The molecule has 0 fully saturated rings. The normalized spacial score (nSPS) is 15.6. The van der Waals surface area contributed by atoms with Crippen LogP contribution in [0.5, 0.6) is 0 Å². The zero-order valence-corrected chi connectivity index (χ0v) is 12.7. The summed E-state index contributed by atoms with van der Waals surface area (Å²) in [5, 5.41) is 8.88. The highest BCUT2D eigenvalue weighted by Crippen LogP contribution is 2.21.